The van der Waals surface area contributed by atoms with Gasteiger partial charge in [-0.3, -0.25) is 9.59 Å². The summed E-state index contributed by atoms with van der Waals surface area (Å²) in [6.07, 6.45) is 7.27. The van der Waals surface area contributed by atoms with Crippen LogP contribution >= 0.6 is 0 Å². The lowest BCUT2D eigenvalue weighted by atomic mass is 10.1. The number of unbranched alkanes of at least 4 members (excludes halogenated alkanes) is 7. The Morgan fingerprint density at radius 3 is 1.89 bits per heavy atom. The highest BCUT2D eigenvalue weighted by atomic mass is 16.8. The van der Waals surface area contributed by atoms with Gasteiger partial charge in [-0.1, -0.05) is 68.9 Å². The van der Waals surface area contributed by atoms with Gasteiger partial charge in [0.1, 0.15) is 6.61 Å². The molecule has 0 spiro atoms. The summed E-state index contributed by atoms with van der Waals surface area (Å²) in [6.45, 7) is -0.337. The van der Waals surface area contributed by atoms with Gasteiger partial charge in [0.2, 0.25) is 6.79 Å². The summed E-state index contributed by atoms with van der Waals surface area (Å²) in [4.78, 5) is 33.3. The lowest BCUT2D eigenvalue weighted by Gasteiger charge is -2.07. The highest BCUT2D eigenvalue weighted by Crippen LogP contribution is 2.11. The minimum absolute atomic E-state index is 0.104. The summed E-state index contributed by atoms with van der Waals surface area (Å²) in [6, 6.07) is 9.20. The molecule has 0 saturated heterocycles. The first-order valence-electron chi connectivity index (χ1n) is 9.79. The molecule has 0 amide bonds. The number of carboxylic acids is 1. The number of carbonyl (C=O) groups is 3. The highest BCUT2D eigenvalue weighted by Gasteiger charge is 2.07. The van der Waals surface area contributed by atoms with Gasteiger partial charge in [0, 0.05) is 12.8 Å². The third-order valence-corrected chi connectivity index (χ3v) is 4.12. The molecular weight excluding hydrogens is 364 g/mol. The maximum Gasteiger partial charge on any atom is 0.511 e. The first-order chi connectivity index (χ1) is 13.6. The van der Waals surface area contributed by atoms with Crippen molar-refractivity contribution in [3.63, 3.8) is 0 Å². The van der Waals surface area contributed by atoms with Crippen LogP contribution in [0.5, 0.6) is 0 Å². The molecule has 0 atom stereocenters. The van der Waals surface area contributed by atoms with Gasteiger partial charge in [-0.2, -0.15) is 0 Å². The molecule has 0 bridgehead atoms. The molecular formula is C21H30O7. The van der Waals surface area contributed by atoms with Crippen LogP contribution in [0.3, 0.4) is 0 Å². The van der Waals surface area contributed by atoms with Crippen LogP contribution in [0.15, 0.2) is 30.3 Å². The van der Waals surface area contributed by atoms with Crippen LogP contribution < -0.4 is 0 Å². The van der Waals surface area contributed by atoms with E-state index in [4.69, 9.17) is 19.3 Å². The number of carbonyl (C=O) groups excluding carboxylic acids is 2. The monoisotopic (exact) mass is 394 g/mol. The van der Waals surface area contributed by atoms with E-state index in [0.29, 0.717) is 6.42 Å². The van der Waals surface area contributed by atoms with Gasteiger partial charge in [0.15, 0.2) is 0 Å². The summed E-state index contributed by atoms with van der Waals surface area (Å²) >= 11 is 0. The molecule has 0 aliphatic rings. The van der Waals surface area contributed by atoms with Crippen LogP contribution in [-0.4, -0.2) is 30.0 Å². The normalized spacial score (nSPS) is 10.3. The van der Waals surface area contributed by atoms with Gasteiger partial charge < -0.3 is 19.3 Å². The van der Waals surface area contributed by atoms with Gasteiger partial charge in [-0.25, -0.2) is 4.79 Å². The Balaban J connectivity index is 1.88. The molecule has 1 rings (SSSR count). The van der Waals surface area contributed by atoms with Gasteiger partial charge in [0.25, 0.3) is 0 Å². The van der Waals surface area contributed by atoms with Crippen molar-refractivity contribution < 1.29 is 33.7 Å². The van der Waals surface area contributed by atoms with E-state index in [1.807, 2.05) is 30.3 Å². The molecule has 7 nitrogen and oxygen atoms in total. The molecule has 0 aliphatic heterocycles. The predicted octanol–water partition coefficient (Wildman–Crippen LogP) is 4.83. The first kappa shape index (κ1) is 23.5. The molecule has 1 N–H and O–H groups in total. The molecule has 1 aromatic rings. The SMILES string of the molecule is O=C(O)CCCCCCCCCCC(=O)OCOC(=O)OCc1ccccc1. The van der Waals surface area contributed by atoms with E-state index in [1.54, 1.807) is 0 Å². The van der Waals surface area contributed by atoms with E-state index in [-0.39, 0.29) is 13.0 Å². The molecule has 7 heteroatoms. The number of hydrogen-bond donors (Lipinski definition) is 1. The van der Waals surface area contributed by atoms with Gasteiger partial charge in [-0.05, 0) is 18.4 Å². The topological polar surface area (TPSA) is 99.1 Å². The lowest BCUT2D eigenvalue weighted by Crippen LogP contribution is -2.13. The standard InChI is InChI=1S/C21H30O7/c22-19(23)14-10-5-3-1-2-4-6-11-15-20(24)27-17-28-21(25)26-16-18-12-8-7-9-13-18/h7-9,12-13H,1-6,10-11,14-17H2,(H,22,23). The number of hydrogen-bond acceptors (Lipinski definition) is 6. The Morgan fingerprint density at radius 2 is 1.29 bits per heavy atom. The van der Waals surface area contributed by atoms with Crippen LogP contribution in [0.2, 0.25) is 0 Å². The fourth-order valence-corrected chi connectivity index (χ4v) is 2.58. The van der Waals surface area contributed by atoms with E-state index in [9.17, 15) is 14.4 Å². The van der Waals surface area contributed by atoms with Crippen molar-refractivity contribution in [3.8, 4) is 0 Å². The van der Waals surface area contributed by atoms with Crippen LogP contribution in [0.25, 0.3) is 0 Å². The second-order valence-electron chi connectivity index (χ2n) is 6.52. The van der Waals surface area contributed by atoms with Crippen molar-refractivity contribution >= 4 is 18.1 Å². The quantitative estimate of drug-likeness (QED) is 0.258. The Bertz CT molecular complexity index is 571. The van der Waals surface area contributed by atoms with Crippen LogP contribution in [0.1, 0.15) is 69.8 Å². The van der Waals surface area contributed by atoms with E-state index in [2.05, 4.69) is 0 Å². The zero-order chi connectivity index (χ0) is 20.5. The maximum absolute atomic E-state index is 11.6. The van der Waals surface area contributed by atoms with Crippen molar-refractivity contribution in [2.24, 2.45) is 0 Å². The first-order valence-corrected chi connectivity index (χ1v) is 9.79. The van der Waals surface area contributed by atoms with Gasteiger partial charge >= 0.3 is 18.1 Å². The Kier molecular flexibility index (Phi) is 13.0. The second kappa shape index (κ2) is 15.5. The van der Waals surface area contributed by atoms with Crippen LogP contribution in [0, 0.1) is 0 Å². The number of aliphatic carboxylic acids is 1. The lowest BCUT2D eigenvalue weighted by molar-refractivity contribution is -0.153. The number of benzene rings is 1. The number of carboxylic acid groups (broad SMARTS) is 1. The van der Waals surface area contributed by atoms with Crippen molar-refractivity contribution in [1.29, 1.82) is 0 Å². The molecule has 0 aromatic heterocycles. The third kappa shape index (κ3) is 13.6. The molecule has 0 saturated carbocycles. The molecule has 0 heterocycles. The Labute approximate surface area is 166 Å². The minimum atomic E-state index is -0.875. The second-order valence-corrected chi connectivity index (χ2v) is 6.52. The number of esters is 1. The molecule has 0 aliphatic carbocycles. The predicted molar refractivity (Wildman–Crippen MR) is 102 cm³/mol. The highest BCUT2D eigenvalue weighted by molar-refractivity contribution is 5.69. The van der Waals surface area contributed by atoms with Crippen molar-refractivity contribution in [2.45, 2.75) is 70.8 Å². The van der Waals surface area contributed by atoms with Crippen LogP contribution in [-0.2, 0) is 30.4 Å². The molecule has 0 unspecified atom stereocenters. The van der Waals surface area contributed by atoms with Crippen molar-refractivity contribution in [2.75, 3.05) is 6.79 Å². The van der Waals surface area contributed by atoms with Crippen LogP contribution in [0.4, 0.5) is 4.79 Å². The fraction of sp³-hybridized carbons (Fsp3) is 0.571. The maximum atomic E-state index is 11.6. The average molecular weight is 394 g/mol. The summed E-state index contributed by atoms with van der Waals surface area (Å²) in [5, 5.41) is 8.54. The summed E-state index contributed by atoms with van der Waals surface area (Å²) in [5.41, 5.74) is 0.844. The molecule has 1 aromatic carbocycles. The van der Waals surface area contributed by atoms with E-state index in [1.165, 1.54) is 0 Å². The third-order valence-electron chi connectivity index (χ3n) is 4.12. The van der Waals surface area contributed by atoms with Gasteiger partial charge in [-0.15, -0.1) is 0 Å². The molecule has 156 valence electrons. The Morgan fingerprint density at radius 1 is 0.714 bits per heavy atom. The van der Waals surface area contributed by atoms with E-state index < -0.39 is 24.9 Å². The van der Waals surface area contributed by atoms with Crippen molar-refractivity contribution in [1.82, 2.24) is 0 Å². The zero-order valence-electron chi connectivity index (χ0n) is 16.3. The summed E-state index contributed by atoms with van der Waals surface area (Å²) in [5.74, 6) is -1.13. The van der Waals surface area contributed by atoms with E-state index >= 15 is 0 Å². The Hall–Kier alpha value is -2.57. The van der Waals surface area contributed by atoms with E-state index in [0.717, 1.165) is 56.9 Å². The molecule has 28 heavy (non-hydrogen) atoms. The van der Waals surface area contributed by atoms with Gasteiger partial charge in [0.05, 0.1) is 0 Å². The average Bonchev–Trinajstić information content (AvgIpc) is 2.68. The van der Waals surface area contributed by atoms with Crippen molar-refractivity contribution in [3.05, 3.63) is 35.9 Å². The zero-order valence-corrected chi connectivity index (χ0v) is 16.3. The minimum Gasteiger partial charge on any atom is -0.481 e. The fourth-order valence-electron chi connectivity index (χ4n) is 2.58. The smallest absolute Gasteiger partial charge is 0.481 e. The summed E-state index contributed by atoms with van der Waals surface area (Å²) < 4.78 is 14.4. The molecule has 0 radical (unpaired) electrons. The number of rotatable bonds is 15. The molecule has 0 fully saturated rings. The largest absolute Gasteiger partial charge is 0.511 e. The number of ether oxygens (including phenoxy) is 3. The summed E-state index contributed by atoms with van der Waals surface area (Å²) in [7, 11) is 0.